The molecule has 1 aliphatic heterocycles. The molecule has 4 heteroatoms. The maximum Gasteiger partial charge on any atom is 0.241 e. The summed E-state index contributed by atoms with van der Waals surface area (Å²) in [5.41, 5.74) is 1.11. The molecule has 1 heterocycles. The van der Waals surface area contributed by atoms with Gasteiger partial charge in [0.25, 0.3) is 0 Å². The smallest absolute Gasteiger partial charge is 0.241 e. The van der Waals surface area contributed by atoms with Gasteiger partial charge in [-0.1, -0.05) is 22.0 Å². The summed E-state index contributed by atoms with van der Waals surface area (Å²) in [7, 11) is 1.87. The van der Waals surface area contributed by atoms with Crippen LogP contribution in [0.3, 0.4) is 0 Å². The van der Waals surface area contributed by atoms with Gasteiger partial charge in [-0.15, -0.1) is 0 Å². The molecule has 2 rings (SSSR count). The molecule has 0 aromatic heterocycles. The molecule has 1 saturated heterocycles. The molecule has 0 N–H and O–H groups in total. The number of nitrogens with zero attached hydrogens (tertiary/aromatic N) is 2. The van der Waals surface area contributed by atoms with E-state index in [1.165, 1.54) is 0 Å². The van der Waals surface area contributed by atoms with Crippen molar-refractivity contribution in [1.82, 2.24) is 4.90 Å². The third-order valence-corrected chi connectivity index (χ3v) is 3.34. The van der Waals surface area contributed by atoms with Crippen LogP contribution < -0.4 is 4.90 Å². The van der Waals surface area contributed by atoms with Gasteiger partial charge in [0.1, 0.15) is 0 Å². The molecule has 86 valence electrons. The van der Waals surface area contributed by atoms with Crippen molar-refractivity contribution in [2.24, 2.45) is 0 Å². The van der Waals surface area contributed by atoms with E-state index in [9.17, 15) is 4.79 Å². The van der Waals surface area contributed by atoms with Crippen LogP contribution in [-0.4, -0.2) is 37.5 Å². The first-order valence-electron chi connectivity index (χ1n) is 5.41. The third-order valence-electron chi connectivity index (χ3n) is 2.85. The van der Waals surface area contributed by atoms with Crippen LogP contribution in [0.2, 0.25) is 0 Å². The maximum absolute atomic E-state index is 11.8. The highest BCUT2D eigenvalue weighted by Gasteiger charge is 2.18. The number of rotatable bonds is 1. The molecule has 0 saturated carbocycles. The summed E-state index contributed by atoms with van der Waals surface area (Å²) in [5, 5.41) is 0. The van der Waals surface area contributed by atoms with E-state index in [1.807, 2.05) is 25.2 Å². The molecule has 1 amide bonds. The Morgan fingerprint density at radius 3 is 2.88 bits per heavy atom. The number of amides is 1. The fourth-order valence-corrected chi connectivity index (χ4v) is 2.27. The zero-order valence-corrected chi connectivity index (χ0v) is 10.9. The van der Waals surface area contributed by atoms with Gasteiger partial charge in [-0.05, 0) is 24.6 Å². The molecule has 0 bridgehead atoms. The standard InChI is InChI=1S/C12H15BrN2O/c1-14-6-3-7-15(9-12(14)16)11-5-2-4-10(13)8-11/h2,4-5,8H,3,6-7,9H2,1H3. The van der Waals surface area contributed by atoms with Gasteiger partial charge in [-0.25, -0.2) is 0 Å². The molecule has 1 fully saturated rings. The highest BCUT2D eigenvalue weighted by Crippen LogP contribution is 2.21. The third kappa shape index (κ3) is 2.55. The lowest BCUT2D eigenvalue weighted by molar-refractivity contribution is -0.127. The Hall–Kier alpha value is -1.03. The molecule has 1 aliphatic rings. The molecular weight excluding hydrogens is 268 g/mol. The lowest BCUT2D eigenvalue weighted by atomic mass is 10.2. The fraction of sp³-hybridized carbons (Fsp3) is 0.417. The quantitative estimate of drug-likeness (QED) is 0.788. The SMILES string of the molecule is CN1CCCN(c2cccc(Br)c2)CC1=O. The molecular formula is C12H15BrN2O. The molecule has 3 nitrogen and oxygen atoms in total. The zero-order chi connectivity index (χ0) is 11.5. The van der Waals surface area contributed by atoms with Gasteiger partial charge in [0.05, 0.1) is 6.54 Å². The van der Waals surface area contributed by atoms with Gasteiger partial charge in [-0.3, -0.25) is 4.79 Å². The second kappa shape index (κ2) is 4.87. The first-order chi connectivity index (χ1) is 7.66. The number of hydrogen-bond donors (Lipinski definition) is 0. The van der Waals surface area contributed by atoms with Crippen LogP contribution in [0.15, 0.2) is 28.7 Å². The van der Waals surface area contributed by atoms with Gasteiger partial charge in [0.2, 0.25) is 5.91 Å². The minimum atomic E-state index is 0.192. The van der Waals surface area contributed by atoms with Crippen LogP contribution >= 0.6 is 15.9 Å². The Morgan fingerprint density at radius 2 is 2.12 bits per heavy atom. The monoisotopic (exact) mass is 282 g/mol. The van der Waals surface area contributed by atoms with Crippen molar-refractivity contribution >= 4 is 27.5 Å². The Labute approximate surface area is 104 Å². The van der Waals surface area contributed by atoms with Crippen molar-refractivity contribution in [3.8, 4) is 0 Å². The first kappa shape index (κ1) is 11.5. The number of halogens is 1. The predicted octanol–water partition coefficient (Wildman–Crippen LogP) is 2.12. The van der Waals surface area contributed by atoms with E-state index < -0.39 is 0 Å². The number of benzene rings is 1. The number of anilines is 1. The Kier molecular flexibility index (Phi) is 3.49. The topological polar surface area (TPSA) is 23.6 Å². The second-order valence-corrected chi connectivity index (χ2v) is 4.99. The molecule has 16 heavy (non-hydrogen) atoms. The van der Waals surface area contributed by atoms with Crippen LogP contribution in [0.5, 0.6) is 0 Å². The van der Waals surface area contributed by atoms with Crippen LogP contribution in [0.1, 0.15) is 6.42 Å². The zero-order valence-electron chi connectivity index (χ0n) is 9.32. The maximum atomic E-state index is 11.8. The first-order valence-corrected chi connectivity index (χ1v) is 6.20. The van der Waals surface area contributed by atoms with E-state index in [1.54, 1.807) is 4.90 Å². The largest absolute Gasteiger partial charge is 0.362 e. The fourth-order valence-electron chi connectivity index (χ4n) is 1.88. The van der Waals surface area contributed by atoms with Crippen molar-refractivity contribution < 1.29 is 4.79 Å². The van der Waals surface area contributed by atoms with E-state index >= 15 is 0 Å². The Morgan fingerprint density at radius 1 is 1.31 bits per heavy atom. The summed E-state index contributed by atoms with van der Waals surface area (Å²) in [5.74, 6) is 0.192. The molecule has 0 aliphatic carbocycles. The summed E-state index contributed by atoms with van der Waals surface area (Å²) >= 11 is 3.45. The van der Waals surface area contributed by atoms with Gasteiger partial charge >= 0.3 is 0 Å². The van der Waals surface area contributed by atoms with E-state index in [0.717, 1.165) is 29.7 Å². The number of hydrogen-bond acceptors (Lipinski definition) is 2. The average Bonchev–Trinajstić information content (AvgIpc) is 2.42. The lowest BCUT2D eigenvalue weighted by Crippen LogP contribution is -2.34. The van der Waals surface area contributed by atoms with Crippen molar-refractivity contribution in [2.45, 2.75) is 6.42 Å². The summed E-state index contributed by atoms with van der Waals surface area (Å²) in [6.45, 7) is 2.27. The predicted molar refractivity (Wildman–Crippen MR) is 68.6 cm³/mol. The summed E-state index contributed by atoms with van der Waals surface area (Å²) in [4.78, 5) is 15.7. The number of carbonyl (C=O) groups excluding carboxylic acids is 1. The number of carbonyl (C=O) groups is 1. The van der Waals surface area contributed by atoms with Crippen LogP contribution in [0.4, 0.5) is 5.69 Å². The van der Waals surface area contributed by atoms with Crippen molar-refractivity contribution in [3.63, 3.8) is 0 Å². The minimum Gasteiger partial charge on any atom is -0.362 e. The van der Waals surface area contributed by atoms with Crippen molar-refractivity contribution in [3.05, 3.63) is 28.7 Å². The molecule has 1 aromatic carbocycles. The minimum absolute atomic E-state index is 0.192. The van der Waals surface area contributed by atoms with E-state index in [4.69, 9.17) is 0 Å². The van der Waals surface area contributed by atoms with Gasteiger partial charge in [0, 0.05) is 30.3 Å². The Bertz CT molecular complexity index is 394. The molecule has 0 spiro atoms. The van der Waals surface area contributed by atoms with E-state index in [-0.39, 0.29) is 5.91 Å². The molecule has 1 aromatic rings. The summed E-state index contributed by atoms with van der Waals surface area (Å²) < 4.78 is 1.05. The van der Waals surface area contributed by atoms with E-state index in [0.29, 0.717) is 6.54 Å². The average molecular weight is 283 g/mol. The second-order valence-electron chi connectivity index (χ2n) is 4.07. The van der Waals surface area contributed by atoms with E-state index in [2.05, 4.69) is 26.9 Å². The summed E-state index contributed by atoms with van der Waals surface area (Å²) in [6.07, 6.45) is 1.02. The molecule has 0 atom stereocenters. The lowest BCUT2D eigenvalue weighted by Gasteiger charge is -2.22. The van der Waals surface area contributed by atoms with Crippen LogP contribution in [0, 0.1) is 0 Å². The highest BCUT2D eigenvalue weighted by atomic mass is 79.9. The molecule has 0 radical (unpaired) electrons. The van der Waals surface area contributed by atoms with Crippen molar-refractivity contribution in [2.75, 3.05) is 31.6 Å². The highest BCUT2D eigenvalue weighted by molar-refractivity contribution is 9.10. The molecule has 0 unspecified atom stereocenters. The van der Waals surface area contributed by atoms with Crippen LogP contribution in [0.25, 0.3) is 0 Å². The van der Waals surface area contributed by atoms with Gasteiger partial charge < -0.3 is 9.80 Å². The van der Waals surface area contributed by atoms with Gasteiger partial charge in [0.15, 0.2) is 0 Å². The van der Waals surface area contributed by atoms with Gasteiger partial charge in [-0.2, -0.15) is 0 Å². The summed E-state index contributed by atoms with van der Waals surface area (Å²) in [6, 6.07) is 8.09. The van der Waals surface area contributed by atoms with Crippen LogP contribution in [-0.2, 0) is 4.79 Å². The number of likely N-dealkylation sites (N-methyl/N-ethyl adjacent to an activating group) is 1. The Balaban J connectivity index is 2.18. The normalized spacial score (nSPS) is 17.5. The van der Waals surface area contributed by atoms with Crippen molar-refractivity contribution in [1.29, 1.82) is 0 Å².